The zero-order valence-corrected chi connectivity index (χ0v) is 11.1. The lowest BCUT2D eigenvalue weighted by Gasteiger charge is -2.06. The molecular weight excluding hydrogens is 280 g/mol. The van der Waals surface area contributed by atoms with Gasteiger partial charge < -0.3 is 5.32 Å². The Bertz CT molecular complexity index is 658. The van der Waals surface area contributed by atoms with E-state index in [-0.39, 0.29) is 18.0 Å². The SMILES string of the molecule is O=C(Cc1ccccc1Cl)Nc1cccc([N+](=O)[O-])c1. The van der Waals surface area contributed by atoms with E-state index in [2.05, 4.69) is 5.32 Å². The molecule has 2 aromatic rings. The standard InChI is InChI=1S/C14H11ClN2O3/c15-13-7-2-1-4-10(13)8-14(18)16-11-5-3-6-12(9-11)17(19)20/h1-7,9H,8H2,(H,16,18). The molecule has 0 bridgehead atoms. The molecule has 5 nitrogen and oxygen atoms in total. The number of non-ortho nitro benzene ring substituents is 1. The topological polar surface area (TPSA) is 72.2 Å². The third kappa shape index (κ3) is 3.55. The third-order valence-corrected chi connectivity index (χ3v) is 3.02. The molecule has 0 heterocycles. The van der Waals surface area contributed by atoms with Gasteiger partial charge in [-0.1, -0.05) is 35.9 Å². The van der Waals surface area contributed by atoms with Crippen LogP contribution in [0.2, 0.25) is 5.02 Å². The van der Waals surface area contributed by atoms with E-state index in [4.69, 9.17) is 11.6 Å². The van der Waals surface area contributed by atoms with E-state index < -0.39 is 4.92 Å². The van der Waals surface area contributed by atoms with E-state index in [1.165, 1.54) is 18.2 Å². The van der Waals surface area contributed by atoms with Crippen LogP contribution in [0.3, 0.4) is 0 Å². The predicted molar refractivity (Wildman–Crippen MR) is 76.9 cm³/mol. The molecule has 0 atom stereocenters. The summed E-state index contributed by atoms with van der Waals surface area (Å²) in [5.74, 6) is -0.279. The molecule has 0 saturated carbocycles. The average molecular weight is 291 g/mol. The third-order valence-electron chi connectivity index (χ3n) is 2.65. The number of nitrogens with one attached hydrogen (secondary N) is 1. The van der Waals surface area contributed by atoms with Crippen LogP contribution in [0, 0.1) is 10.1 Å². The largest absolute Gasteiger partial charge is 0.326 e. The fourth-order valence-electron chi connectivity index (χ4n) is 1.72. The van der Waals surface area contributed by atoms with Gasteiger partial charge in [-0.15, -0.1) is 0 Å². The monoisotopic (exact) mass is 290 g/mol. The molecule has 6 heteroatoms. The first-order valence-corrected chi connectivity index (χ1v) is 6.22. The van der Waals surface area contributed by atoms with Crippen molar-refractivity contribution < 1.29 is 9.72 Å². The number of nitrogens with zero attached hydrogens (tertiary/aromatic N) is 1. The number of benzene rings is 2. The number of carbonyl (C=O) groups excluding carboxylic acids is 1. The fraction of sp³-hybridized carbons (Fsp3) is 0.0714. The highest BCUT2D eigenvalue weighted by atomic mass is 35.5. The Morgan fingerprint density at radius 3 is 2.65 bits per heavy atom. The van der Waals surface area contributed by atoms with E-state index in [0.717, 1.165) is 0 Å². The minimum Gasteiger partial charge on any atom is -0.326 e. The summed E-state index contributed by atoms with van der Waals surface area (Å²) in [5, 5.41) is 13.8. The van der Waals surface area contributed by atoms with E-state index >= 15 is 0 Å². The molecule has 0 aliphatic carbocycles. The van der Waals surface area contributed by atoms with E-state index in [1.54, 1.807) is 30.3 Å². The second-order valence-corrected chi connectivity index (χ2v) is 4.53. The van der Waals surface area contributed by atoms with Crippen molar-refractivity contribution in [2.24, 2.45) is 0 Å². The lowest BCUT2D eigenvalue weighted by Crippen LogP contribution is -2.14. The van der Waals surface area contributed by atoms with Crippen molar-refractivity contribution in [2.45, 2.75) is 6.42 Å². The highest BCUT2D eigenvalue weighted by Gasteiger charge is 2.10. The molecular formula is C14H11ClN2O3. The molecule has 2 aromatic carbocycles. The molecule has 1 amide bonds. The van der Waals surface area contributed by atoms with Crippen LogP contribution in [0.4, 0.5) is 11.4 Å². The number of nitro groups is 1. The maximum absolute atomic E-state index is 11.9. The lowest BCUT2D eigenvalue weighted by molar-refractivity contribution is -0.384. The van der Waals surface area contributed by atoms with Gasteiger partial charge in [-0.2, -0.15) is 0 Å². The van der Waals surface area contributed by atoms with Crippen LogP contribution in [-0.2, 0) is 11.2 Å². The van der Waals surface area contributed by atoms with Gasteiger partial charge in [0.2, 0.25) is 5.91 Å². The molecule has 2 rings (SSSR count). The number of anilines is 1. The predicted octanol–water partition coefficient (Wildman–Crippen LogP) is 3.43. The zero-order chi connectivity index (χ0) is 14.5. The smallest absolute Gasteiger partial charge is 0.271 e. The van der Waals surface area contributed by atoms with Crippen molar-refractivity contribution in [1.29, 1.82) is 0 Å². The normalized spacial score (nSPS) is 10.1. The van der Waals surface area contributed by atoms with Crippen LogP contribution >= 0.6 is 11.6 Å². The number of nitro benzene ring substituents is 1. The van der Waals surface area contributed by atoms with Gasteiger partial charge in [0.25, 0.3) is 5.69 Å². The van der Waals surface area contributed by atoms with E-state index in [1.807, 2.05) is 0 Å². The summed E-state index contributed by atoms with van der Waals surface area (Å²) in [6.45, 7) is 0. The number of hydrogen-bond donors (Lipinski definition) is 1. The van der Waals surface area contributed by atoms with Gasteiger partial charge in [0, 0.05) is 22.8 Å². The number of amides is 1. The molecule has 0 radical (unpaired) electrons. The summed E-state index contributed by atoms with van der Waals surface area (Å²) in [4.78, 5) is 22.0. The maximum atomic E-state index is 11.9. The molecule has 1 N–H and O–H groups in total. The summed E-state index contributed by atoms with van der Waals surface area (Å²) in [5.41, 5.74) is 1.02. The first-order chi connectivity index (χ1) is 9.56. The Hall–Kier alpha value is -2.40. The quantitative estimate of drug-likeness (QED) is 0.692. The summed E-state index contributed by atoms with van der Waals surface area (Å²) in [6.07, 6.45) is 0.113. The van der Waals surface area contributed by atoms with Crippen molar-refractivity contribution >= 4 is 28.9 Å². The molecule has 0 saturated heterocycles. The summed E-state index contributed by atoms with van der Waals surface area (Å²) < 4.78 is 0. The van der Waals surface area contributed by atoms with Crippen molar-refractivity contribution in [3.8, 4) is 0 Å². The zero-order valence-electron chi connectivity index (χ0n) is 10.4. The Labute approximate surface area is 120 Å². The van der Waals surface area contributed by atoms with Gasteiger partial charge in [-0.05, 0) is 17.7 Å². The van der Waals surface area contributed by atoms with Crippen LogP contribution in [0.15, 0.2) is 48.5 Å². The van der Waals surface area contributed by atoms with Crippen molar-refractivity contribution in [3.63, 3.8) is 0 Å². The first-order valence-electron chi connectivity index (χ1n) is 5.84. The average Bonchev–Trinajstić information content (AvgIpc) is 2.41. The minimum atomic E-state index is -0.510. The Morgan fingerprint density at radius 2 is 1.95 bits per heavy atom. The second-order valence-electron chi connectivity index (χ2n) is 4.12. The highest BCUT2D eigenvalue weighted by molar-refractivity contribution is 6.31. The molecule has 0 aliphatic heterocycles. The summed E-state index contributed by atoms with van der Waals surface area (Å²) in [7, 11) is 0. The Kier molecular flexibility index (Phi) is 4.32. The molecule has 0 fully saturated rings. The van der Waals surface area contributed by atoms with E-state index in [0.29, 0.717) is 16.3 Å². The molecule has 0 unspecified atom stereocenters. The van der Waals surface area contributed by atoms with Crippen molar-refractivity contribution in [3.05, 3.63) is 69.2 Å². The fourth-order valence-corrected chi connectivity index (χ4v) is 1.92. The number of rotatable bonds is 4. The molecule has 0 aromatic heterocycles. The van der Waals surface area contributed by atoms with Crippen molar-refractivity contribution in [2.75, 3.05) is 5.32 Å². The van der Waals surface area contributed by atoms with Crippen LogP contribution in [0.1, 0.15) is 5.56 Å². The lowest BCUT2D eigenvalue weighted by atomic mass is 10.1. The molecule has 0 aliphatic rings. The van der Waals surface area contributed by atoms with Gasteiger partial charge in [0.05, 0.1) is 11.3 Å². The number of carbonyl (C=O) groups is 1. The Balaban J connectivity index is 2.07. The number of hydrogen-bond acceptors (Lipinski definition) is 3. The van der Waals surface area contributed by atoms with Crippen molar-refractivity contribution in [1.82, 2.24) is 0 Å². The van der Waals surface area contributed by atoms with Crippen LogP contribution in [0.25, 0.3) is 0 Å². The van der Waals surface area contributed by atoms with Gasteiger partial charge in [-0.25, -0.2) is 0 Å². The van der Waals surface area contributed by atoms with Gasteiger partial charge in [-0.3, -0.25) is 14.9 Å². The van der Waals surface area contributed by atoms with E-state index in [9.17, 15) is 14.9 Å². The summed E-state index contributed by atoms with van der Waals surface area (Å²) in [6, 6.07) is 12.8. The summed E-state index contributed by atoms with van der Waals surface area (Å²) >= 11 is 5.97. The van der Waals surface area contributed by atoms with Crippen LogP contribution < -0.4 is 5.32 Å². The molecule has 102 valence electrons. The molecule has 0 spiro atoms. The van der Waals surface area contributed by atoms with Gasteiger partial charge in [0.15, 0.2) is 0 Å². The van der Waals surface area contributed by atoms with Gasteiger partial charge in [0.1, 0.15) is 0 Å². The van der Waals surface area contributed by atoms with Gasteiger partial charge >= 0.3 is 0 Å². The van der Waals surface area contributed by atoms with Crippen LogP contribution in [0.5, 0.6) is 0 Å². The maximum Gasteiger partial charge on any atom is 0.271 e. The second kappa shape index (κ2) is 6.16. The molecule has 20 heavy (non-hydrogen) atoms. The Morgan fingerprint density at radius 1 is 1.20 bits per heavy atom. The first kappa shape index (κ1) is 14.0. The number of halogens is 1. The highest BCUT2D eigenvalue weighted by Crippen LogP contribution is 2.19. The van der Waals surface area contributed by atoms with Crippen LogP contribution in [-0.4, -0.2) is 10.8 Å². The minimum absolute atomic E-state index is 0.0689.